The zero-order chi connectivity index (χ0) is 13.8. The van der Waals surface area contributed by atoms with E-state index in [4.69, 9.17) is 11.6 Å². The van der Waals surface area contributed by atoms with Gasteiger partial charge in [-0.25, -0.2) is 0 Å². The van der Waals surface area contributed by atoms with Gasteiger partial charge in [-0.05, 0) is 36.3 Å². The molecule has 0 heterocycles. The quantitative estimate of drug-likeness (QED) is 0.648. The third kappa shape index (κ3) is 3.15. The molecule has 0 aliphatic heterocycles. The highest BCUT2D eigenvalue weighted by Crippen LogP contribution is 2.26. The fourth-order valence-electron chi connectivity index (χ4n) is 1.69. The Balaban J connectivity index is 2.41. The van der Waals surface area contributed by atoms with Gasteiger partial charge in [0, 0.05) is 0 Å². The smallest absolute Gasteiger partial charge is 0.134 e. The molecule has 0 aliphatic rings. The molecule has 0 amide bonds. The molecule has 0 unspecified atom stereocenters. The molecule has 2 aromatic carbocycles. The maximum atomic E-state index is 9.36. The molecule has 19 heavy (non-hydrogen) atoms. The molecule has 0 saturated carbocycles. The molecule has 2 aromatic rings. The first-order chi connectivity index (χ1) is 9.10. The molecule has 3 heteroatoms. The molecule has 2 rings (SSSR count). The Kier molecular flexibility index (Phi) is 3.89. The van der Waals surface area contributed by atoms with E-state index in [1.54, 1.807) is 18.2 Å². The minimum Gasteiger partial charge on any atom is -0.506 e. The lowest BCUT2D eigenvalue weighted by Crippen LogP contribution is -1.83. The van der Waals surface area contributed by atoms with Crippen LogP contribution in [0.4, 0.5) is 0 Å². The Labute approximate surface area is 117 Å². The number of aryl methyl sites for hydroxylation is 1. The molecule has 0 saturated heterocycles. The van der Waals surface area contributed by atoms with Gasteiger partial charge in [-0.15, -0.1) is 0 Å². The van der Waals surface area contributed by atoms with Gasteiger partial charge >= 0.3 is 0 Å². The highest BCUT2D eigenvalue weighted by molar-refractivity contribution is 6.32. The summed E-state index contributed by atoms with van der Waals surface area (Å²) in [6.45, 7) is 2.00. The highest BCUT2D eigenvalue weighted by Gasteiger charge is 2.03. The molecule has 2 nitrogen and oxygen atoms in total. The molecular formula is C16H12ClNO. The van der Waals surface area contributed by atoms with Crippen LogP contribution in [0.25, 0.3) is 11.6 Å². The predicted molar refractivity (Wildman–Crippen MR) is 77.8 cm³/mol. The van der Waals surface area contributed by atoms with Gasteiger partial charge in [0.15, 0.2) is 0 Å². The van der Waals surface area contributed by atoms with Crippen LogP contribution in [-0.2, 0) is 0 Å². The summed E-state index contributed by atoms with van der Waals surface area (Å²) in [7, 11) is 0. The van der Waals surface area contributed by atoms with Crippen molar-refractivity contribution in [2.45, 2.75) is 6.92 Å². The predicted octanol–water partition coefficient (Wildman–Crippen LogP) is 4.42. The number of benzene rings is 2. The minimum atomic E-state index is 0.0349. The Bertz CT molecular complexity index is 666. The number of phenols is 1. The van der Waals surface area contributed by atoms with Crippen LogP contribution < -0.4 is 0 Å². The fourth-order valence-corrected chi connectivity index (χ4v) is 1.88. The molecule has 1 N–H and O–H groups in total. The van der Waals surface area contributed by atoms with Crippen molar-refractivity contribution in [1.82, 2.24) is 0 Å². The van der Waals surface area contributed by atoms with Crippen LogP contribution in [0.2, 0.25) is 5.02 Å². The molecule has 0 atom stereocenters. The monoisotopic (exact) mass is 269 g/mol. The second kappa shape index (κ2) is 5.60. The maximum absolute atomic E-state index is 9.36. The number of phenolic OH excluding ortho intramolecular Hbond substituents is 1. The van der Waals surface area contributed by atoms with Gasteiger partial charge < -0.3 is 5.11 Å². The number of aromatic hydroxyl groups is 1. The van der Waals surface area contributed by atoms with Crippen molar-refractivity contribution < 1.29 is 5.11 Å². The lowest BCUT2D eigenvalue weighted by Gasteiger charge is -2.02. The fraction of sp³-hybridized carbons (Fsp3) is 0.0625. The third-order valence-electron chi connectivity index (χ3n) is 2.77. The second-order valence-electron chi connectivity index (χ2n) is 4.25. The van der Waals surface area contributed by atoms with Crippen LogP contribution in [0.1, 0.15) is 16.7 Å². The van der Waals surface area contributed by atoms with Crippen LogP contribution in [0.5, 0.6) is 5.75 Å². The van der Waals surface area contributed by atoms with Gasteiger partial charge in [0.05, 0.1) is 16.7 Å². The van der Waals surface area contributed by atoms with Gasteiger partial charge in [0.2, 0.25) is 0 Å². The van der Waals surface area contributed by atoms with E-state index in [1.807, 2.05) is 31.2 Å². The normalized spacial score (nSPS) is 11.1. The third-order valence-corrected chi connectivity index (χ3v) is 3.07. The zero-order valence-electron chi connectivity index (χ0n) is 10.4. The first-order valence-corrected chi connectivity index (χ1v) is 6.15. The van der Waals surface area contributed by atoms with Crippen LogP contribution in [0.3, 0.4) is 0 Å². The second-order valence-corrected chi connectivity index (χ2v) is 4.65. The Morgan fingerprint density at radius 3 is 2.47 bits per heavy atom. The summed E-state index contributed by atoms with van der Waals surface area (Å²) in [5.41, 5.74) is 3.34. The molecule has 0 bridgehead atoms. The van der Waals surface area contributed by atoms with E-state index in [2.05, 4.69) is 6.07 Å². The standard InChI is InChI=1S/C16H12ClNO/c1-11-2-5-13(6-3-11)14(10-18)8-12-4-7-16(19)15(17)9-12/h2-9,19H,1H3/b14-8-. The van der Waals surface area contributed by atoms with Gasteiger partial charge in [-0.2, -0.15) is 5.26 Å². The average Bonchev–Trinajstić information content (AvgIpc) is 2.41. The molecule has 0 spiro atoms. The topological polar surface area (TPSA) is 44.0 Å². The van der Waals surface area contributed by atoms with Crippen LogP contribution >= 0.6 is 11.6 Å². The van der Waals surface area contributed by atoms with E-state index in [9.17, 15) is 10.4 Å². The van der Waals surface area contributed by atoms with Crippen molar-refractivity contribution >= 4 is 23.3 Å². The largest absolute Gasteiger partial charge is 0.506 e. The number of nitriles is 1. The molecule has 0 radical (unpaired) electrons. The van der Waals surface area contributed by atoms with E-state index in [1.165, 1.54) is 6.07 Å². The van der Waals surface area contributed by atoms with E-state index in [0.717, 1.165) is 16.7 Å². The molecular weight excluding hydrogens is 258 g/mol. The molecule has 94 valence electrons. The summed E-state index contributed by atoms with van der Waals surface area (Å²) in [6, 6.07) is 14.8. The van der Waals surface area contributed by atoms with Crippen molar-refractivity contribution in [2.24, 2.45) is 0 Å². The van der Waals surface area contributed by atoms with Crippen molar-refractivity contribution in [3.05, 3.63) is 64.2 Å². The first-order valence-electron chi connectivity index (χ1n) is 5.77. The number of hydrogen-bond donors (Lipinski definition) is 1. The molecule has 0 fully saturated rings. The Morgan fingerprint density at radius 2 is 1.89 bits per heavy atom. The lowest BCUT2D eigenvalue weighted by molar-refractivity contribution is 0.475. The van der Waals surface area contributed by atoms with Gasteiger partial charge in [-0.1, -0.05) is 47.5 Å². The SMILES string of the molecule is Cc1ccc(/C(C#N)=C\c2ccc(O)c(Cl)c2)cc1. The van der Waals surface area contributed by atoms with Crippen LogP contribution in [0, 0.1) is 18.3 Å². The highest BCUT2D eigenvalue weighted by atomic mass is 35.5. The summed E-state index contributed by atoms with van der Waals surface area (Å²) < 4.78 is 0. The number of hydrogen-bond acceptors (Lipinski definition) is 2. The van der Waals surface area contributed by atoms with Gasteiger partial charge in [0.1, 0.15) is 5.75 Å². The number of nitrogens with zero attached hydrogens (tertiary/aromatic N) is 1. The minimum absolute atomic E-state index is 0.0349. The van der Waals surface area contributed by atoms with E-state index in [0.29, 0.717) is 5.57 Å². The lowest BCUT2D eigenvalue weighted by atomic mass is 10.0. The van der Waals surface area contributed by atoms with E-state index in [-0.39, 0.29) is 10.8 Å². The van der Waals surface area contributed by atoms with E-state index >= 15 is 0 Å². The van der Waals surface area contributed by atoms with Crippen molar-refractivity contribution in [2.75, 3.05) is 0 Å². The van der Waals surface area contributed by atoms with Crippen LogP contribution in [-0.4, -0.2) is 5.11 Å². The Morgan fingerprint density at radius 1 is 1.21 bits per heavy atom. The summed E-state index contributed by atoms with van der Waals surface area (Å²) in [5, 5.41) is 18.9. The summed E-state index contributed by atoms with van der Waals surface area (Å²) >= 11 is 5.85. The molecule has 0 aliphatic carbocycles. The maximum Gasteiger partial charge on any atom is 0.134 e. The zero-order valence-corrected chi connectivity index (χ0v) is 11.1. The van der Waals surface area contributed by atoms with Gasteiger partial charge in [-0.3, -0.25) is 0 Å². The van der Waals surface area contributed by atoms with Crippen molar-refractivity contribution in [3.63, 3.8) is 0 Å². The molecule has 0 aromatic heterocycles. The van der Waals surface area contributed by atoms with Crippen molar-refractivity contribution in [1.29, 1.82) is 5.26 Å². The van der Waals surface area contributed by atoms with Crippen molar-refractivity contribution in [3.8, 4) is 11.8 Å². The number of halogens is 1. The summed E-state index contributed by atoms with van der Waals surface area (Å²) in [5.74, 6) is 0.0349. The number of allylic oxidation sites excluding steroid dienone is 1. The summed E-state index contributed by atoms with van der Waals surface area (Å²) in [6.07, 6.45) is 1.75. The first kappa shape index (κ1) is 13.2. The van der Waals surface area contributed by atoms with E-state index < -0.39 is 0 Å². The average molecular weight is 270 g/mol. The van der Waals surface area contributed by atoms with Gasteiger partial charge in [0.25, 0.3) is 0 Å². The Hall–Kier alpha value is -2.24. The summed E-state index contributed by atoms with van der Waals surface area (Å²) in [4.78, 5) is 0. The number of rotatable bonds is 2. The van der Waals surface area contributed by atoms with Crippen LogP contribution in [0.15, 0.2) is 42.5 Å².